The first-order valence-electron chi connectivity index (χ1n) is 9.19. The second kappa shape index (κ2) is 7.27. The van der Waals surface area contributed by atoms with Crippen LogP contribution in [0.25, 0.3) is 11.5 Å². The summed E-state index contributed by atoms with van der Waals surface area (Å²) in [5, 5.41) is 4.26. The number of piperidine rings is 1. The highest BCUT2D eigenvalue weighted by Crippen LogP contribution is 2.31. The molecule has 4 rings (SSSR count). The molecule has 3 heterocycles. The van der Waals surface area contributed by atoms with E-state index in [0.717, 1.165) is 30.5 Å². The van der Waals surface area contributed by atoms with E-state index in [9.17, 15) is 18.0 Å². The molecule has 0 aliphatic carbocycles. The number of aromatic nitrogens is 3. The summed E-state index contributed by atoms with van der Waals surface area (Å²) in [5.74, 6) is 0.211. The van der Waals surface area contributed by atoms with Crippen LogP contribution in [0, 0.1) is 0 Å². The van der Waals surface area contributed by atoms with Crippen LogP contribution in [0.1, 0.15) is 28.8 Å². The van der Waals surface area contributed by atoms with Gasteiger partial charge in [-0.2, -0.15) is 18.3 Å². The third-order valence-corrected chi connectivity index (χ3v) is 5.00. The standard InChI is InChI=1S/C21H19F3N4O/c1-15-7-11-27(12-8-15)20(29)18-14-25-28(19(18)26-9-2-3-10-26)17-6-4-5-16(13-17)21(22,23)24/h2-6,9-10,13-14H,1,7-8,11-12H2. The largest absolute Gasteiger partial charge is 0.416 e. The van der Waals surface area contributed by atoms with Crippen molar-refractivity contribution in [1.29, 1.82) is 0 Å². The summed E-state index contributed by atoms with van der Waals surface area (Å²) in [4.78, 5) is 14.9. The molecule has 0 bridgehead atoms. The fourth-order valence-electron chi connectivity index (χ4n) is 3.42. The molecular weight excluding hydrogens is 381 g/mol. The van der Waals surface area contributed by atoms with Crippen molar-refractivity contribution in [3.8, 4) is 11.5 Å². The zero-order valence-electron chi connectivity index (χ0n) is 15.6. The Bertz CT molecular complexity index is 1040. The number of rotatable bonds is 3. The van der Waals surface area contributed by atoms with Crippen LogP contribution in [0.4, 0.5) is 13.2 Å². The summed E-state index contributed by atoms with van der Waals surface area (Å²) < 4.78 is 42.5. The topological polar surface area (TPSA) is 43.1 Å². The Morgan fingerprint density at radius 2 is 1.76 bits per heavy atom. The fourth-order valence-corrected chi connectivity index (χ4v) is 3.42. The van der Waals surface area contributed by atoms with Crippen LogP contribution in [0.3, 0.4) is 0 Å². The van der Waals surface area contributed by atoms with E-state index >= 15 is 0 Å². The van der Waals surface area contributed by atoms with Gasteiger partial charge >= 0.3 is 6.18 Å². The zero-order valence-corrected chi connectivity index (χ0v) is 15.6. The van der Waals surface area contributed by atoms with E-state index in [1.54, 1.807) is 34.0 Å². The molecule has 1 saturated heterocycles. The Morgan fingerprint density at radius 1 is 1.07 bits per heavy atom. The predicted octanol–water partition coefficient (Wildman–Crippen LogP) is 4.47. The zero-order chi connectivity index (χ0) is 20.6. The van der Waals surface area contributed by atoms with E-state index in [2.05, 4.69) is 11.7 Å². The molecule has 0 unspecified atom stereocenters. The number of carbonyl (C=O) groups is 1. The molecule has 0 atom stereocenters. The lowest BCUT2D eigenvalue weighted by Gasteiger charge is -2.28. The van der Waals surface area contributed by atoms with E-state index in [1.807, 2.05) is 0 Å². The molecule has 0 spiro atoms. The average Bonchev–Trinajstić information content (AvgIpc) is 3.37. The number of hydrogen-bond donors (Lipinski definition) is 0. The van der Waals surface area contributed by atoms with Crippen LogP contribution in [-0.4, -0.2) is 38.2 Å². The third kappa shape index (κ3) is 3.70. The van der Waals surface area contributed by atoms with Gasteiger partial charge in [0.15, 0.2) is 5.82 Å². The number of nitrogens with zero attached hydrogens (tertiary/aromatic N) is 4. The Balaban J connectivity index is 1.79. The van der Waals surface area contributed by atoms with Gasteiger partial charge in [0.1, 0.15) is 5.56 Å². The van der Waals surface area contributed by atoms with Gasteiger partial charge in [0.05, 0.1) is 17.4 Å². The summed E-state index contributed by atoms with van der Waals surface area (Å²) in [5.41, 5.74) is 0.909. The number of carbonyl (C=O) groups excluding carboxylic acids is 1. The molecule has 1 aliphatic heterocycles. The number of likely N-dealkylation sites (tertiary alicyclic amines) is 1. The maximum absolute atomic E-state index is 13.2. The first-order chi connectivity index (χ1) is 13.8. The van der Waals surface area contributed by atoms with Gasteiger partial charge in [-0.25, -0.2) is 4.68 Å². The molecule has 29 heavy (non-hydrogen) atoms. The summed E-state index contributed by atoms with van der Waals surface area (Å²) in [7, 11) is 0. The molecule has 5 nitrogen and oxygen atoms in total. The van der Waals surface area contributed by atoms with Crippen molar-refractivity contribution in [3.05, 3.63) is 78.3 Å². The molecule has 1 aliphatic rings. The molecule has 8 heteroatoms. The number of halogens is 3. The minimum absolute atomic E-state index is 0.195. The molecule has 2 aromatic heterocycles. The second-order valence-electron chi connectivity index (χ2n) is 6.97. The highest BCUT2D eigenvalue weighted by molar-refractivity contribution is 5.97. The normalized spacial score (nSPS) is 15.0. The first kappa shape index (κ1) is 19.0. The van der Waals surface area contributed by atoms with Crippen molar-refractivity contribution in [2.45, 2.75) is 19.0 Å². The molecular formula is C21H19F3N4O. The van der Waals surface area contributed by atoms with E-state index < -0.39 is 11.7 Å². The molecule has 0 radical (unpaired) electrons. The van der Waals surface area contributed by atoms with Crippen LogP contribution in [-0.2, 0) is 6.18 Å². The van der Waals surface area contributed by atoms with Gasteiger partial charge in [-0.05, 0) is 43.2 Å². The van der Waals surface area contributed by atoms with E-state index in [4.69, 9.17) is 0 Å². The van der Waals surface area contributed by atoms with Crippen molar-refractivity contribution >= 4 is 5.91 Å². The lowest BCUT2D eigenvalue weighted by atomic mass is 10.1. The average molecular weight is 400 g/mol. The molecule has 0 saturated carbocycles. The van der Waals surface area contributed by atoms with Crippen molar-refractivity contribution in [2.24, 2.45) is 0 Å². The molecule has 1 amide bonds. The minimum Gasteiger partial charge on any atom is -0.338 e. The Labute approximate surface area is 165 Å². The van der Waals surface area contributed by atoms with Crippen molar-refractivity contribution in [1.82, 2.24) is 19.2 Å². The van der Waals surface area contributed by atoms with Gasteiger partial charge in [0, 0.05) is 25.5 Å². The fraction of sp³-hybridized carbons (Fsp3) is 0.238. The van der Waals surface area contributed by atoms with Gasteiger partial charge in [-0.3, -0.25) is 4.79 Å². The van der Waals surface area contributed by atoms with Crippen molar-refractivity contribution in [2.75, 3.05) is 13.1 Å². The molecule has 150 valence electrons. The molecule has 1 fully saturated rings. The number of alkyl halides is 3. The quantitative estimate of drug-likeness (QED) is 0.609. The highest BCUT2D eigenvalue weighted by atomic mass is 19.4. The van der Waals surface area contributed by atoms with Crippen LogP contribution in [0.15, 0.2) is 67.1 Å². The van der Waals surface area contributed by atoms with Crippen LogP contribution < -0.4 is 0 Å². The third-order valence-electron chi connectivity index (χ3n) is 5.00. The monoisotopic (exact) mass is 400 g/mol. The van der Waals surface area contributed by atoms with Crippen LogP contribution in [0.2, 0.25) is 0 Å². The lowest BCUT2D eigenvalue weighted by Crippen LogP contribution is -2.36. The number of hydrogen-bond acceptors (Lipinski definition) is 2. The Hall–Kier alpha value is -3.29. The SMILES string of the molecule is C=C1CCN(C(=O)c2cnn(-c3cccc(C(F)(F)F)c3)c2-n2cccc2)CC1. The first-order valence-corrected chi connectivity index (χ1v) is 9.19. The smallest absolute Gasteiger partial charge is 0.338 e. The summed E-state index contributed by atoms with van der Waals surface area (Å²) in [6.45, 7) is 5.09. The van der Waals surface area contributed by atoms with E-state index in [1.165, 1.54) is 23.0 Å². The van der Waals surface area contributed by atoms with Gasteiger partial charge in [0.2, 0.25) is 0 Å². The Morgan fingerprint density at radius 3 is 2.41 bits per heavy atom. The second-order valence-corrected chi connectivity index (χ2v) is 6.97. The lowest BCUT2D eigenvalue weighted by molar-refractivity contribution is -0.137. The van der Waals surface area contributed by atoms with E-state index in [0.29, 0.717) is 24.5 Å². The molecule has 3 aromatic rings. The van der Waals surface area contributed by atoms with Crippen molar-refractivity contribution < 1.29 is 18.0 Å². The maximum atomic E-state index is 13.2. The maximum Gasteiger partial charge on any atom is 0.416 e. The van der Waals surface area contributed by atoms with Gasteiger partial charge in [0.25, 0.3) is 5.91 Å². The number of amides is 1. The summed E-state index contributed by atoms with van der Waals surface area (Å²) >= 11 is 0. The van der Waals surface area contributed by atoms with Crippen LogP contribution in [0.5, 0.6) is 0 Å². The minimum atomic E-state index is -4.47. The predicted molar refractivity (Wildman–Crippen MR) is 102 cm³/mol. The molecule has 0 N–H and O–H groups in total. The number of benzene rings is 1. The summed E-state index contributed by atoms with van der Waals surface area (Å²) in [6.07, 6.45) is 1.90. The van der Waals surface area contributed by atoms with Crippen LogP contribution >= 0.6 is 0 Å². The Kier molecular flexibility index (Phi) is 4.77. The highest BCUT2D eigenvalue weighted by Gasteiger charge is 2.31. The van der Waals surface area contributed by atoms with Gasteiger partial charge < -0.3 is 9.47 Å². The van der Waals surface area contributed by atoms with Gasteiger partial charge in [-0.1, -0.05) is 18.2 Å². The van der Waals surface area contributed by atoms with E-state index in [-0.39, 0.29) is 11.6 Å². The summed E-state index contributed by atoms with van der Waals surface area (Å²) in [6, 6.07) is 8.46. The molecule has 1 aromatic carbocycles. The van der Waals surface area contributed by atoms with Gasteiger partial charge in [-0.15, -0.1) is 0 Å². The van der Waals surface area contributed by atoms with Crippen molar-refractivity contribution in [3.63, 3.8) is 0 Å².